The zero-order valence-electron chi connectivity index (χ0n) is 25.0. The van der Waals surface area contributed by atoms with Gasteiger partial charge in [-0.05, 0) is 73.9 Å². The molecule has 40 heavy (non-hydrogen) atoms. The summed E-state index contributed by atoms with van der Waals surface area (Å²) in [7, 11) is 4.87. The Hall–Kier alpha value is -2.52. The standard InChI is InChI=1S/C31H47ClN2O6/c1-21(2)23(16-22-12-13-28(39-7)29(17-22)40-15-9-14-37-5)18-26(33)27(35)20-34(32)30(36)31(3,4)24-10-8-11-25(19-24)38-6/h8,10-13,17,19,21,23,26-27,35H,9,14-16,18,20,33H2,1-7H3/t23-,26-,27-/m0/s1. The molecule has 0 saturated heterocycles. The summed E-state index contributed by atoms with van der Waals surface area (Å²) in [6.45, 7) is 8.95. The van der Waals surface area contributed by atoms with Crippen LogP contribution in [0.1, 0.15) is 51.7 Å². The normalized spacial score (nSPS) is 14.0. The van der Waals surface area contributed by atoms with Crippen LogP contribution in [0.4, 0.5) is 0 Å². The first-order valence-electron chi connectivity index (χ1n) is 13.8. The highest BCUT2D eigenvalue weighted by Crippen LogP contribution is 2.32. The van der Waals surface area contributed by atoms with Crippen molar-refractivity contribution in [2.45, 2.75) is 64.5 Å². The number of nitrogens with zero attached hydrogens (tertiary/aromatic N) is 1. The molecule has 0 aliphatic heterocycles. The van der Waals surface area contributed by atoms with Crippen LogP contribution in [0.2, 0.25) is 0 Å². The van der Waals surface area contributed by atoms with Gasteiger partial charge in [0.05, 0.1) is 38.9 Å². The summed E-state index contributed by atoms with van der Waals surface area (Å²) >= 11 is 6.42. The number of carbonyl (C=O) groups is 1. The number of carbonyl (C=O) groups excluding carboxylic acids is 1. The van der Waals surface area contributed by atoms with Crippen LogP contribution in [-0.4, -0.2) is 68.7 Å². The van der Waals surface area contributed by atoms with Gasteiger partial charge < -0.3 is 29.8 Å². The van der Waals surface area contributed by atoms with Gasteiger partial charge >= 0.3 is 0 Å². The smallest absolute Gasteiger partial charge is 0.247 e. The summed E-state index contributed by atoms with van der Waals surface area (Å²) in [6.07, 6.45) is 1.11. The van der Waals surface area contributed by atoms with Crippen LogP contribution in [0.3, 0.4) is 0 Å². The molecule has 224 valence electrons. The Bertz CT molecular complexity index is 1060. The molecule has 3 atom stereocenters. The van der Waals surface area contributed by atoms with Crippen LogP contribution in [0.5, 0.6) is 17.2 Å². The van der Waals surface area contributed by atoms with Crippen LogP contribution < -0.4 is 19.9 Å². The Morgan fingerprint density at radius 2 is 1.77 bits per heavy atom. The number of aliphatic hydroxyl groups excluding tert-OH is 1. The molecule has 2 rings (SSSR count). The zero-order chi connectivity index (χ0) is 29.9. The first-order valence-corrected chi connectivity index (χ1v) is 14.1. The fraction of sp³-hybridized carbons (Fsp3) is 0.581. The fourth-order valence-corrected chi connectivity index (χ4v) is 4.92. The maximum absolute atomic E-state index is 13.3. The summed E-state index contributed by atoms with van der Waals surface area (Å²) in [5.41, 5.74) is 7.41. The molecule has 2 aromatic carbocycles. The molecule has 1 amide bonds. The predicted octanol–water partition coefficient (Wildman–Crippen LogP) is 4.97. The van der Waals surface area contributed by atoms with E-state index in [1.807, 2.05) is 42.5 Å². The van der Waals surface area contributed by atoms with Gasteiger partial charge in [0.25, 0.3) is 0 Å². The van der Waals surface area contributed by atoms with E-state index in [-0.39, 0.29) is 18.4 Å². The topological polar surface area (TPSA) is 103 Å². The van der Waals surface area contributed by atoms with Crippen LogP contribution in [-0.2, 0) is 21.4 Å². The van der Waals surface area contributed by atoms with Crippen LogP contribution in [0.25, 0.3) is 0 Å². The van der Waals surface area contributed by atoms with E-state index in [1.54, 1.807) is 35.2 Å². The minimum absolute atomic E-state index is 0.0816. The van der Waals surface area contributed by atoms with Crippen molar-refractivity contribution in [2.24, 2.45) is 17.6 Å². The number of benzene rings is 2. The van der Waals surface area contributed by atoms with Crippen LogP contribution in [0.15, 0.2) is 42.5 Å². The van der Waals surface area contributed by atoms with Gasteiger partial charge in [-0.3, -0.25) is 9.21 Å². The summed E-state index contributed by atoms with van der Waals surface area (Å²) in [4.78, 5) is 13.3. The predicted molar refractivity (Wildman–Crippen MR) is 159 cm³/mol. The van der Waals surface area contributed by atoms with E-state index in [0.29, 0.717) is 42.8 Å². The van der Waals surface area contributed by atoms with Gasteiger partial charge in [-0.15, -0.1) is 0 Å². The van der Waals surface area contributed by atoms with Crippen molar-refractivity contribution >= 4 is 17.7 Å². The average molecular weight is 579 g/mol. The number of hydrogen-bond acceptors (Lipinski definition) is 7. The van der Waals surface area contributed by atoms with Crippen molar-refractivity contribution in [3.05, 3.63) is 53.6 Å². The molecule has 0 aliphatic rings. The molecule has 2 aromatic rings. The number of ether oxygens (including phenoxy) is 4. The number of hydrogen-bond donors (Lipinski definition) is 2. The van der Waals surface area contributed by atoms with E-state index < -0.39 is 17.6 Å². The second kappa shape index (κ2) is 16.1. The molecule has 0 aliphatic carbocycles. The molecule has 0 heterocycles. The van der Waals surface area contributed by atoms with E-state index >= 15 is 0 Å². The highest BCUT2D eigenvalue weighted by molar-refractivity contribution is 6.22. The highest BCUT2D eigenvalue weighted by Gasteiger charge is 2.35. The molecule has 3 N–H and O–H groups in total. The van der Waals surface area contributed by atoms with Gasteiger partial charge in [-0.2, -0.15) is 0 Å². The number of nitrogens with two attached hydrogens (primary N) is 1. The third kappa shape index (κ3) is 9.54. The second-order valence-corrected chi connectivity index (χ2v) is 11.5. The Labute approximate surface area is 244 Å². The monoisotopic (exact) mass is 578 g/mol. The van der Waals surface area contributed by atoms with Crippen LogP contribution >= 0.6 is 11.8 Å². The zero-order valence-corrected chi connectivity index (χ0v) is 25.7. The molecule has 9 heteroatoms. The Morgan fingerprint density at radius 3 is 2.40 bits per heavy atom. The molecule has 0 bridgehead atoms. The van der Waals surface area contributed by atoms with E-state index in [2.05, 4.69) is 13.8 Å². The Balaban J connectivity index is 2.04. The summed E-state index contributed by atoms with van der Waals surface area (Å²) < 4.78 is 22.9. The third-order valence-corrected chi connectivity index (χ3v) is 7.67. The molecular weight excluding hydrogens is 532 g/mol. The van der Waals surface area contributed by atoms with E-state index in [1.165, 1.54) is 0 Å². The van der Waals surface area contributed by atoms with E-state index in [9.17, 15) is 9.90 Å². The third-order valence-electron chi connectivity index (χ3n) is 7.38. The molecule has 0 radical (unpaired) electrons. The first kappa shape index (κ1) is 33.7. The maximum Gasteiger partial charge on any atom is 0.247 e. The lowest BCUT2D eigenvalue weighted by atomic mass is 9.82. The van der Waals surface area contributed by atoms with Crippen molar-refractivity contribution in [3.8, 4) is 17.2 Å². The summed E-state index contributed by atoms with van der Waals surface area (Å²) in [5.74, 6) is 2.20. The van der Waals surface area contributed by atoms with Gasteiger partial charge in [0.1, 0.15) is 5.75 Å². The van der Waals surface area contributed by atoms with Crippen molar-refractivity contribution in [3.63, 3.8) is 0 Å². The highest BCUT2D eigenvalue weighted by atomic mass is 35.5. The molecular formula is C31H47ClN2O6. The molecule has 0 spiro atoms. The average Bonchev–Trinajstić information content (AvgIpc) is 2.94. The minimum Gasteiger partial charge on any atom is -0.497 e. The van der Waals surface area contributed by atoms with Crippen LogP contribution in [0, 0.1) is 11.8 Å². The SMILES string of the molecule is COCCCOc1cc(C[C@@H](C[C@H](N)[C@@H](O)CN(Cl)C(=O)C(C)(C)c2cccc(OC)c2)C(C)C)ccc1OC. The maximum atomic E-state index is 13.3. The summed E-state index contributed by atoms with van der Waals surface area (Å²) in [5, 5.41) is 10.9. The largest absolute Gasteiger partial charge is 0.497 e. The van der Waals surface area contributed by atoms with Gasteiger partial charge in [0.15, 0.2) is 11.5 Å². The lowest BCUT2D eigenvalue weighted by Gasteiger charge is -2.32. The number of rotatable bonds is 17. The molecule has 0 fully saturated rings. The summed E-state index contributed by atoms with van der Waals surface area (Å²) in [6, 6.07) is 12.7. The van der Waals surface area contributed by atoms with Crippen molar-refractivity contribution in [2.75, 3.05) is 41.1 Å². The van der Waals surface area contributed by atoms with Crippen molar-refractivity contribution < 1.29 is 28.8 Å². The van der Waals surface area contributed by atoms with Crippen molar-refractivity contribution in [1.29, 1.82) is 0 Å². The van der Waals surface area contributed by atoms with Crippen molar-refractivity contribution in [1.82, 2.24) is 4.42 Å². The number of methoxy groups -OCH3 is 3. The number of aliphatic hydroxyl groups is 1. The second-order valence-electron chi connectivity index (χ2n) is 11.1. The lowest BCUT2D eigenvalue weighted by Crippen LogP contribution is -2.47. The van der Waals surface area contributed by atoms with Gasteiger partial charge in [-0.1, -0.05) is 32.0 Å². The lowest BCUT2D eigenvalue weighted by molar-refractivity contribution is -0.132. The van der Waals surface area contributed by atoms with Gasteiger partial charge in [-0.25, -0.2) is 0 Å². The van der Waals surface area contributed by atoms with E-state index in [4.69, 9.17) is 36.5 Å². The Kier molecular flexibility index (Phi) is 13.5. The molecule has 0 saturated carbocycles. The van der Waals surface area contributed by atoms with E-state index in [0.717, 1.165) is 28.4 Å². The van der Waals surface area contributed by atoms with Gasteiger partial charge in [0.2, 0.25) is 5.91 Å². The van der Waals surface area contributed by atoms with Gasteiger partial charge in [0, 0.05) is 38.0 Å². The first-order chi connectivity index (χ1) is 18.9. The number of amides is 1. The fourth-order valence-electron chi connectivity index (χ4n) is 4.57. The minimum atomic E-state index is -0.987. The quantitative estimate of drug-likeness (QED) is 0.202. The molecule has 8 nitrogen and oxygen atoms in total. The Morgan fingerprint density at radius 1 is 1.05 bits per heavy atom. The number of halogens is 1. The molecule has 0 unspecified atom stereocenters. The molecule has 0 aromatic heterocycles.